The predicted octanol–water partition coefficient (Wildman–Crippen LogP) is 7.13. The van der Waals surface area contributed by atoms with Crippen LogP contribution in [0.5, 0.6) is 0 Å². The van der Waals surface area contributed by atoms with Crippen molar-refractivity contribution in [3.63, 3.8) is 0 Å². The van der Waals surface area contributed by atoms with Gasteiger partial charge in [-0.25, -0.2) is 23.4 Å². The van der Waals surface area contributed by atoms with Crippen molar-refractivity contribution in [2.75, 3.05) is 28.6 Å². The van der Waals surface area contributed by atoms with Crippen LogP contribution in [0.2, 0.25) is 0 Å². The molecule has 0 spiro atoms. The summed E-state index contributed by atoms with van der Waals surface area (Å²) in [6.45, 7) is 11.4. The van der Waals surface area contributed by atoms with Gasteiger partial charge in [-0.15, -0.1) is 0 Å². The first kappa shape index (κ1) is 35.5. The summed E-state index contributed by atoms with van der Waals surface area (Å²) in [6, 6.07) is 5.39. The molecule has 1 aliphatic heterocycles. The molecular weight excluding hydrogens is 656 g/mol. The third-order valence-corrected chi connectivity index (χ3v) is 8.68. The van der Waals surface area contributed by atoms with Gasteiger partial charge in [-0.2, -0.15) is 5.26 Å². The number of piperidine rings is 1. The highest BCUT2D eigenvalue weighted by molar-refractivity contribution is 7.19. The van der Waals surface area contributed by atoms with Crippen molar-refractivity contribution < 1.29 is 32.6 Å². The lowest BCUT2D eigenvalue weighted by molar-refractivity contribution is 0.0499. The van der Waals surface area contributed by atoms with E-state index in [0.29, 0.717) is 49.4 Å². The maximum atomic E-state index is 14.8. The van der Waals surface area contributed by atoms with Crippen LogP contribution in [0.1, 0.15) is 88.5 Å². The summed E-state index contributed by atoms with van der Waals surface area (Å²) in [5, 5.41) is 17.8. The number of nitrogens with one attached hydrogen (secondary N) is 3. The molecule has 15 heteroatoms. The van der Waals surface area contributed by atoms with Gasteiger partial charge in [0.05, 0.1) is 40.8 Å². The van der Waals surface area contributed by atoms with Crippen LogP contribution >= 0.6 is 11.3 Å². The van der Waals surface area contributed by atoms with Gasteiger partial charge in [-0.3, -0.25) is 15.1 Å². The molecule has 0 saturated carbocycles. The molecule has 49 heavy (non-hydrogen) atoms. The van der Waals surface area contributed by atoms with E-state index in [4.69, 9.17) is 9.47 Å². The van der Waals surface area contributed by atoms with E-state index in [1.807, 2.05) is 4.90 Å². The molecule has 0 bridgehead atoms. The summed E-state index contributed by atoms with van der Waals surface area (Å²) in [7, 11) is 0. The number of fused-ring (bicyclic) bond motifs is 1. The molecule has 3 amide bonds. The van der Waals surface area contributed by atoms with E-state index < -0.39 is 52.4 Å². The monoisotopic (exact) mass is 695 g/mol. The van der Waals surface area contributed by atoms with Crippen LogP contribution in [-0.2, 0) is 15.9 Å². The van der Waals surface area contributed by atoms with Gasteiger partial charge in [0.1, 0.15) is 32.8 Å². The molecule has 1 aliphatic carbocycles. The number of nitriles is 1. The Morgan fingerprint density at radius 2 is 1.69 bits per heavy atom. The lowest BCUT2D eigenvalue weighted by Gasteiger charge is -2.37. The standard InChI is InChI=1S/C34H39F2N7O5S/c1-33(2,3)47-31(45)39-19-9-8-14-43(17-19)27-20-13-12-18(15-37)25(20)38-16-23(27)40-28(44)26-30(42-32(46)48-34(4,5)6)49-29(41-26)24-21(35)10-7-11-22(24)36/h7,10-11,16,18-19H,8-9,12-14,17H2,1-6H3,(H,39,45)(H,40,44)(H,42,46)/t18?,19-/m0/s1. The minimum Gasteiger partial charge on any atom is -0.444 e. The quantitative estimate of drug-likeness (QED) is 0.244. The number of benzene rings is 1. The van der Waals surface area contributed by atoms with Gasteiger partial charge >= 0.3 is 12.2 Å². The van der Waals surface area contributed by atoms with Gasteiger partial charge < -0.3 is 25.0 Å². The summed E-state index contributed by atoms with van der Waals surface area (Å²) < 4.78 is 40.4. The number of nitrogens with zero attached hydrogens (tertiary/aromatic N) is 4. The molecule has 1 unspecified atom stereocenters. The molecule has 3 heterocycles. The third-order valence-electron chi connectivity index (χ3n) is 7.69. The molecule has 1 aromatic carbocycles. The Balaban J connectivity index is 1.50. The van der Waals surface area contributed by atoms with E-state index in [1.165, 1.54) is 12.3 Å². The fraction of sp³-hybridized carbons (Fsp3) is 0.471. The second-order valence-electron chi connectivity index (χ2n) is 13.9. The molecule has 5 rings (SSSR count). The van der Waals surface area contributed by atoms with Crippen molar-refractivity contribution in [3.8, 4) is 16.6 Å². The number of ether oxygens (including phenoxy) is 2. The van der Waals surface area contributed by atoms with E-state index in [9.17, 15) is 28.4 Å². The van der Waals surface area contributed by atoms with Crippen molar-refractivity contribution in [1.29, 1.82) is 5.26 Å². The maximum Gasteiger partial charge on any atom is 0.412 e. The first-order valence-electron chi connectivity index (χ1n) is 16.0. The first-order chi connectivity index (χ1) is 23.0. The third kappa shape index (κ3) is 8.43. The Hall–Kier alpha value is -4.84. The number of hydrogen-bond acceptors (Lipinski definition) is 10. The molecule has 0 radical (unpaired) electrons. The molecule has 12 nitrogen and oxygen atoms in total. The van der Waals surface area contributed by atoms with E-state index in [-0.39, 0.29) is 21.7 Å². The number of halogens is 2. The number of carbonyl (C=O) groups is 3. The van der Waals surface area contributed by atoms with Crippen LogP contribution in [0.25, 0.3) is 10.6 Å². The van der Waals surface area contributed by atoms with Gasteiger partial charge in [0, 0.05) is 24.7 Å². The highest BCUT2D eigenvalue weighted by Crippen LogP contribution is 2.43. The topological polar surface area (TPSA) is 159 Å². The molecule has 2 aromatic heterocycles. The minimum atomic E-state index is -0.888. The molecule has 2 aliphatic rings. The fourth-order valence-electron chi connectivity index (χ4n) is 5.83. The maximum absolute atomic E-state index is 14.8. The number of pyridine rings is 1. The van der Waals surface area contributed by atoms with Crippen molar-refractivity contribution in [3.05, 3.63) is 53.0 Å². The molecule has 1 fully saturated rings. The molecule has 2 atom stereocenters. The van der Waals surface area contributed by atoms with Crippen molar-refractivity contribution in [2.24, 2.45) is 0 Å². The highest BCUT2D eigenvalue weighted by Gasteiger charge is 2.34. The van der Waals surface area contributed by atoms with Crippen LogP contribution in [0.4, 0.5) is 34.7 Å². The Morgan fingerprint density at radius 1 is 1.02 bits per heavy atom. The number of thiazole rings is 1. The summed E-state index contributed by atoms with van der Waals surface area (Å²) in [5.74, 6) is -2.97. The summed E-state index contributed by atoms with van der Waals surface area (Å²) in [4.78, 5) is 50.2. The van der Waals surface area contributed by atoms with E-state index >= 15 is 0 Å². The molecule has 260 valence electrons. The van der Waals surface area contributed by atoms with Gasteiger partial charge in [0.25, 0.3) is 5.91 Å². The Morgan fingerprint density at radius 3 is 2.35 bits per heavy atom. The summed E-state index contributed by atoms with van der Waals surface area (Å²) >= 11 is 0.721. The lowest BCUT2D eigenvalue weighted by Crippen LogP contribution is -2.49. The fourth-order valence-corrected chi connectivity index (χ4v) is 6.82. The zero-order chi connectivity index (χ0) is 35.7. The Bertz CT molecular complexity index is 1790. The lowest BCUT2D eigenvalue weighted by atomic mass is 10.0. The second kappa shape index (κ2) is 13.9. The average Bonchev–Trinajstić information content (AvgIpc) is 3.59. The number of rotatable bonds is 6. The Labute approximate surface area is 287 Å². The summed E-state index contributed by atoms with van der Waals surface area (Å²) in [5.41, 5.74) is 0.126. The average molecular weight is 696 g/mol. The van der Waals surface area contributed by atoms with Gasteiger partial charge in [0.2, 0.25) is 0 Å². The van der Waals surface area contributed by atoms with Crippen molar-refractivity contribution in [2.45, 2.75) is 90.4 Å². The van der Waals surface area contributed by atoms with E-state index in [2.05, 4.69) is 32.0 Å². The van der Waals surface area contributed by atoms with Gasteiger partial charge in [0.15, 0.2) is 5.69 Å². The zero-order valence-corrected chi connectivity index (χ0v) is 29.0. The van der Waals surface area contributed by atoms with Crippen LogP contribution in [0.15, 0.2) is 24.4 Å². The van der Waals surface area contributed by atoms with Gasteiger partial charge in [-0.1, -0.05) is 17.4 Å². The molecule has 3 aromatic rings. The largest absolute Gasteiger partial charge is 0.444 e. The Kier molecular flexibility index (Phi) is 10.1. The molecule has 3 N–H and O–H groups in total. The summed E-state index contributed by atoms with van der Waals surface area (Å²) in [6.07, 6.45) is 2.58. The van der Waals surface area contributed by atoms with Crippen LogP contribution < -0.4 is 20.9 Å². The number of hydrogen-bond donors (Lipinski definition) is 3. The number of alkyl carbamates (subject to hydrolysis) is 1. The number of anilines is 3. The number of amides is 3. The normalized spacial score (nSPS) is 17.5. The second-order valence-corrected chi connectivity index (χ2v) is 14.9. The molecule has 1 saturated heterocycles. The minimum absolute atomic E-state index is 0.0794. The predicted molar refractivity (Wildman–Crippen MR) is 181 cm³/mol. The van der Waals surface area contributed by atoms with Crippen LogP contribution in [0, 0.1) is 23.0 Å². The zero-order valence-electron chi connectivity index (χ0n) is 28.2. The highest BCUT2D eigenvalue weighted by atomic mass is 32.1. The number of carbonyl (C=O) groups excluding carboxylic acids is 3. The number of aromatic nitrogens is 2. The van der Waals surface area contributed by atoms with Crippen LogP contribution in [0.3, 0.4) is 0 Å². The molecular formula is C34H39F2N7O5S. The smallest absolute Gasteiger partial charge is 0.412 e. The van der Waals surface area contributed by atoms with Gasteiger partial charge in [-0.05, 0) is 79.4 Å². The van der Waals surface area contributed by atoms with Crippen molar-refractivity contribution in [1.82, 2.24) is 15.3 Å². The SMILES string of the molecule is CC(C)(C)OC(=O)Nc1sc(-c2c(F)cccc2F)nc1C(=O)Nc1cnc2c(c1N1CCC[C@H](NC(=O)OC(C)(C)C)C1)CCC2C#N. The van der Waals surface area contributed by atoms with E-state index in [0.717, 1.165) is 35.5 Å². The first-order valence-corrected chi connectivity index (χ1v) is 16.8. The van der Waals surface area contributed by atoms with Crippen LogP contribution in [-0.4, -0.2) is 58.4 Å². The van der Waals surface area contributed by atoms with E-state index in [1.54, 1.807) is 41.5 Å². The van der Waals surface area contributed by atoms with Crippen molar-refractivity contribution >= 4 is 45.8 Å².